The number of rotatable bonds is 10. The summed E-state index contributed by atoms with van der Waals surface area (Å²) in [4.78, 5) is 0.251. The summed E-state index contributed by atoms with van der Waals surface area (Å²) in [5.74, 6) is 2.96. The van der Waals surface area contributed by atoms with Crippen LogP contribution in [-0.2, 0) is 16.6 Å². The summed E-state index contributed by atoms with van der Waals surface area (Å²) >= 11 is 1.62. The van der Waals surface area contributed by atoms with Crippen LogP contribution in [0.4, 0.5) is 0 Å². The fraction of sp³-hybridized carbons (Fsp3) is 0.364. The average Bonchev–Trinajstić information content (AvgIpc) is 3.54. The van der Waals surface area contributed by atoms with Gasteiger partial charge in [-0.2, -0.15) is 0 Å². The summed E-state index contributed by atoms with van der Waals surface area (Å²) in [6, 6.07) is 16.9. The summed E-state index contributed by atoms with van der Waals surface area (Å²) in [5.41, 5.74) is 1.23. The molecule has 1 saturated carbocycles. The maximum absolute atomic E-state index is 12.1. The fourth-order valence-corrected chi connectivity index (χ4v) is 4.84. The highest BCUT2D eigenvalue weighted by Crippen LogP contribution is 2.40. The Morgan fingerprint density at radius 3 is 2.42 bits per heavy atom. The van der Waals surface area contributed by atoms with Crippen LogP contribution in [0.1, 0.15) is 30.1 Å². The van der Waals surface area contributed by atoms with E-state index in [1.807, 2.05) is 18.2 Å². The maximum atomic E-state index is 12.1. The zero-order valence-corrected chi connectivity index (χ0v) is 19.3. The SMILES string of the molecule is CN(C)S(=O)(=O)c1ccc(OCCSc2nnc(C3CC3)n2Cc2ccccc2)cc1. The second-order valence-electron chi connectivity index (χ2n) is 7.64. The van der Waals surface area contributed by atoms with Crippen molar-refractivity contribution in [3.8, 4) is 5.75 Å². The Morgan fingerprint density at radius 1 is 1.06 bits per heavy atom. The number of hydrogen-bond donors (Lipinski definition) is 0. The van der Waals surface area contributed by atoms with Gasteiger partial charge in [0, 0.05) is 25.8 Å². The van der Waals surface area contributed by atoms with Crippen molar-refractivity contribution < 1.29 is 13.2 Å². The second kappa shape index (κ2) is 9.42. The van der Waals surface area contributed by atoms with E-state index in [1.54, 1.807) is 36.0 Å². The van der Waals surface area contributed by atoms with E-state index in [0.29, 0.717) is 18.3 Å². The molecule has 4 rings (SSSR count). The van der Waals surface area contributed by atoms with Crippen LogP contribution < -0.4 is 4.74 Å². The van der Waals surface area contributed by atoms with E-state index in [1.165, 1.54) is 36.8 Å². The minimum Gasteiger partial charge on any atom is -0.493 e. The highest BCUT2D eigenvalue weighted by molar-refractivity contribution is 7.99. The minimum absolute atomic E-state index is 0.251. The average molecular weight is 459 g/mol. The summed E-state index contributed by atoms with van der Waals surface area (Å²) < 4.78 is 33.5. The van der Waals surface area contributed by atoms with Gasteiger partial charge in [-0.15, -0.1) is 10.2 Å². The number of benzene rings is 2. The number of aromatic nitrogens is 3. The quantitative estimate of drug-likeness (QED) is 0.341. The van der Waals surface area contributed by atoms with E-state index in [4.69, 9.17) is 4.74 Å². The first-order chi connectivity index (χ1) is 14.9. The number of nitrogens with zero attached hydrogens (tertiary/aromatic N) is 4. The van der Waals surface area contributed by atoms with Crippen LogP contribution in [-0.4, -0.2) is 53.9 Å². The van der Waals surface area contributed by atoms with Crippen molar-refractivity contribution in [3.63, 3.8) is 0 Å². The van der Waals surface area contributed by atoms with Gasteiger partial charge in [-0.1, -0.05) is 42.1 Å². The van der Waals surface area contributed by atoms with Gasteiger partial charge in [0.25, 0.3) is 0 Å². The van der Waals surface area contributed by atoms with Crippen molar-refractivity contribution in [2.24, 2.45) is 0 Å². The largest absolute Gasteiger partial charge is 0.493 e. The van der Waals surface area contributed by atoms with E-state index in [0.717, 1.165) is 23.3 Å². The molecule has 0 bridgehead atoms. The molecular formula is C22H26N4O3S2. The van der Waals surface area contributed by atoms with Gasteiger partial charge in [0.1, 0.15) is 11.6 Å². The molecule has 9 heteroatoms. The Bertz CT molecular complexity index is 1110. The van der Waals surface area contributed by atoms with E-state index in [2.05, 4.69) is 26.9 Å². The molecule has 0 unspecified atom stereocenters. The van der Waals surface area contributed by atoms with E-state index >= 15 is 0 Å². The van der Waals surface area contributed by atoms with Gasteiger partial charge in [0.15, 0.2) is 5.16 Å². The van der Waals surface area contributed by atoms with Gasteiger partial charge in [-0.25, -0.2) is 12.7 Å². The molecule has 1 aromatic heterocycles. The summed E-state index contributed by atoms with van der Waals surface area (Å²) in [6.45, 7) is 1.26. The molecule has 0 atom stereocenters. The predicted molar refractivity (Wildman–Crippen MR) is 121 cm³/mol. The van der Waals surface area contributed by atoms with Crippen LogP contribution in [0.25, 0.3) is 0 Å². The van der Waals surface area contributed by atoms with Gasteiger partial charge < -0.3 is 9.30 Å². The molecule has 164 valence electrons. The molecule has 1 aliphatic rings. The van der Waals surface area contributed by atoms with E-state index < -0.39 is 10.0 Å². The smallest absolute Gasteiger partial charge is 0.242 e. The summed E-state index contributed by atoms with van der Waals surface area (Å²) in [5, 5.41) is 9.78. The highest BCUT2D eigenvalue weighted by Gasteiger charge is 2.30. The Kier molecular flexibility index (Phi) is 6.64. The molecule has 0 saturated heterocycles. The van der Waals surface area contributed by atoms with E-state index in [9.17, 15) is 8.42 Å². The molecule has 0 radical (unpaired) electrons. The Hall–Kier alpha value is -2.36. The second-order valence-corrected chi connectivity index (χ2v) is 10.9. The van der Waals surface area contributed by atoms with Gasteiger partial charge in [0.05, 0.1) is 18.0 Å². The normalized spacial score (nSPS) is 14.2. The highest BCUT2D eigenvalue weighted by atomic mass is 32.2. The van der Waals surface area contributed by atoms with Gasteiger partial charge in [-0.3, -0.25) is 0 Å². The lowest BCUT2D eigenvalue weighted by Crippen LogP contribution is -2.22. The third-order valence-electron chi connectivity index (χ3n) is 5.06. The monoisotopic (exact) mass is 458 g/mol. The first kappa shape index (κ1) is 21.9. The summed E-state index contributed by atoms with van der Waals surface area (Å²) in [6.07, 6.45) is 2.36. The molecule has 0 spiro atoms. The van der Waals surface area contributed by atoms with Crippen LogP contribution in [0.3, 0.4) is 0 Å². The molecule has 0 N–H and O–H groups in total. The Balaban J connectivity index is 1.35. The molecule has 3 aromatic rings. The first-order valence-corrected chi connectivity index (χ1v) is 12.6. The van der Waals surface area contributed by atoms with Crippen molar-refractivity contribution in [1.29, 1.82) is 0 Å². The lowest BCUT2D eigenvalue weighted by Gasteiger charge is -2.12. The molecule has 1 fully saturated rings. The molecule has 1 heterocycles. The van der Waals surface area contributed by atoms with Crippen molar-refractivity contribution in [3.05, 3.63) is 66.0 Å². The Labute approximate surface area is 187 Å². The van der Waals surface area contributed by atoms with Crippen molar-refractivity contribution in [2.45, 2.75) is 35.4 Å². The lowest BCUT2D eigenvalue weighted by atomic mass is 10.2. The number of sulfonamides is 1. The molecule has 0 amide bonds. The van der Waals surface area contributed by atoms with Crippen molar-refractivity contribution in [2.75, 3.05) is 26.5 Å². The molecule has 0 aliphatic heterocycles. The van der Waals surface area contributed by atoms with Gasteiger partial charge in [0.2, 0.25) is 10.0 Å². The standard InChI is InChI=1S/C22H26N4O3S2/c1-25(2)31(27,28)20-12-10-19(11-13-20)29-14-15-30-22-24-23-21(18-8-9-18)26(22)16-17-6-4-3-5-7-17/h3-7,10-13,18H,8-9,14-16H2,1-2H3. The zero-order chi connectivity index (χ0) is 21.8. The van der Waals surface area contributed by atoms with Crippen LogP contribution in [0.5, 0.6) is 5.75 Å². The topological polar surface area (TPSA) is 77.3 Å². The fourth-order valence-electron chi connectivity index (χ4n) is 3.18. The zero-order valence-electron chi connectivity index (χ0n) is 17.6. The third kappa shape index (κ3) is 5.28. The van der Waals surface area contributed by atoms with Gasteiger partial charge in [-0.05, 0) is 42.7 Å². The van der Waals surface area contributed by atoms with Crippen molar-refractivity contribution >= 4 is 21.8 Å². The number of ether oxygens (including phenoxy) is 1. The van der Waals surface area contributed by atoms with Gasteiger partial charge >= 0.3 is 0 Å². The van der Waals surface area contributed by atoms with Crippen LogP contribution >= 0.6 is 11.8 Å². The molecule has 7 nitrogen and oxygen atoms in total. The molecular weight excluding hydrogens is 432 g/mol. The Morgan fingerprint density at radius 2 is 1.77 bits per heavy atom. The van der Waals surface area contributed by atoms with Crippen LogP contribution in [0, 0.1) is 0 Å². The maximum Gasteiger partial charge on any atom is 0.242 e. The lowest BCUT2D eigenvalue weighted by molar-refractivity contribution is 0.343. The molecule has 31 heavy (non-hydrogen) atoms. The molecule has 1 aliphatic carbocycles. The summed E-state index contributed by atoms with van der Waals surface area (Å²) in [7, 11) is -0.397. The van der Waals surface area contributed by atoms with E-state index in [-0.39, 0.29) is 4.90 Å². The van der Waals surface area contributed by atoms with Crippen LogP contribution in [0.2, 0.25) is 0 Å². The number of thioether (sulfide) groups is 1. The van der Waals surface area contributed by atoms with Crippen LogP contribution in [0.15, 0.2) is 64.6 Å². The minimum atomic E-state index is -3.43. The van der Waals surface area contributed by atoms with Crippen molar-refractivity contribution in [1.82, 2.24) is 19.1 Å². The first-order valence-electron chi connectivity index (χ1n) is 10.2. The number of hydrogen-bond acceptors (Lipinski definition) is 6. The predicted octanol–water partition coefficient (Wildman–Crippen LogP) is 3.63. The third-order valence-corrected chi connectivity index (χ3v) is 7.82. The molecule has 2 aromatic carbocycles.